The van der Waals surface area contributed by atoms with Crippen LogP contribution in [-0.2, 0) is 33.4 Å². The summed E-state index contributed by atoms with van der Waals surface area (Å²) in [5.41, 5.74) is 0.340. The third-order valence-electron chi connectivity index (χ3n) is 3.63. The van der Waals surface area contributed by atoms with Gasteiger partial charge in [-0.1, -0.05) is 21.6 Å². The van der Waals surface area contributed by atoms with Crippen molar-refractivity contribution in [3.8, 4) is 0 Å². The predicted molar refractivity (Wildman–Crippen MR) is 149 cm³/mol. The second-order valence-corrected chi connectivity index (χ2v) is 13.8. The molecule has 0 fully saturated rings. The molecular formula is C24H46N4O8S2. The van der Waals surface area contributed by atoms with Gasteiger partial charge in [-0.15, -0.1) is 0 Å². The predicted octanol–water partition coefficient (Wildman–Crippen LogP) is 2.87. The van der Waals surface area contributed by atoms with Crippen LogP contribution in [-0.4, -0.2) is 78.2 Å². The third-order valence-corrected chi connectivity index (χ3v) is 6.16. The Hall–Kier alpha value is -1.58. The van der Waals surface area contributed by atoms with E-state index in [4.69, 9.17) is 19.0 Å². The van der Waals surface area contributed by atoms with Gasteiger partial charge in [0.05, 0.1) is 13.3 Å². The van der Waals surface area contributed by atoms with Crippen molar-refractivity contribution in [1.29, 1.82) is 0 Å². The Morgan fingerprint density at radius 3 is 1.84 bits per heavy atom. The van der Waals surface area contributed by atoms with E-state index in [1.54, 1.807) is 83.9 Å². The van der Waals surface area contributed by atoms with E-state index in [9.17, 15) is 19.2 Å². The number of carbonyl (C=O) groups excluding carboxylic acids is 4. The van der Waals surface area contributed by atoms with Crippen LogP contribution in [0, 0.1) is 0 Å². The molecule has 1 amide bonds. The Labute approximate surface area is 234 Å². The first-order chi connectivity index (χ1) is 17.4. The number of hydrogen-bond donors (Lipinski definition) is 4. The number of hydroxylamine groups is 1. The van der Waals surface area contributed by atoms with Gasteiger partial charge >= 0.3 is 18.0 Å². The molecule has 0 aromatic rings. The number of carbonyl (C=O) groups is 4. The average Bonchev–Trinajstić information content (AvgIpc) is 2.72. The van der Waals surface area contributed by atoms with E-state index in [2.05, 4.69) is 21.4 Å². The van der Waals surface area contributed by atoms with Crippen LogP contribution in [0.15, 0.2) is 0 Å². The molecule has 222 valence electrons. The summed E-state index contributed by atoms with van der Waals surface area (Å²) in [4.78, 5) is 53.6. The van der Waals surface area contributed by atoms with Crippen LogP contribution >= 0.6 is 21.6 Å². The largest absolute Gasteiger partial charge is 0.458 e. The molecule has 12 nitrogen and oxygen atoms in total. The summed E-state index contributed by atoms with van der Waals surface area (Å²) >= 11 is 0. The standard InChI is InChI=1S/C24H46N4O8S2/c1-22(2,3)34-19(30)17(25-16-26-21(32)36-24(7,8)9)27-18(20(31)35-23(4,5)6)28-33-13-11-15-38-37-14-10-12-29/h12,17-18,25,27-28H,10-11,13-16H2,1-9H3,(H,26,32). The quantitative estimate of drug-likeness (QED) is 0.0378. The number of alkyl carbamates (subject to hydrolysis) is 1. The molecule has 0 spiro atoms. The summed E-state index contributed by atoms with van der Waals surface area (Å²) < 4.78 is 16.1. The molecule has 0 bridgehead atoms. The summed E-state index contributed by atoms with van der Waals surface area (Å²) in [6.45, 7) is 15.6. The van der Waals surface area contributed by atoms with Crippen molar-refractivity contribution in [3.63, 3.8) is 0 Å². The lowest BCUT2D eigenvalue weighted by Gasteiger charge is -2.30. The minimum Gasteiger partial charge on any atom is -0.458 e. The lowest BCUT2D eigenvalue weighted by Crippen LogP contribution is -2.62. The first kappa shape index (κ1) is 36.4. The highest BCUT2D eigenvalue weighted by Gasteiger charge is 2.32. The number of amides is 1. The Bertz CT molecular complexity index is 736. The van der Waals surface area contributed by atoms with Crippen molar-refractivity contribution >= 4 is 45.9 Å². The Morgan fingerprint density at radius 2 is 1.32 bits per heavy atom. The van der Waals surface area contributed by atoms with Crippen LogP contribution in [0.4, 0.5) is 4.79 Å². The van der Waals surface area contributed by atoms with Gasteiger partial charge in [-0.05, 0) is 68.7 Å². The molecule has 38 heavy (non-hydrogen) atoms. The second kappa shape index (κ2) is 17.9. The summed E-state index contributed by atoms with van der Waals surface area (Å²) in [6.07, 6.45) is -1.06. The maximum atomic E-state index is 12.9. The number of ether oxygens (including phenoxy) is 3. The fourth-order valence-electron chi connectivity index (χ4n) is 2.33. The first-order valence-electron chi connectivity index (χ1n) is 12.4. The molecular weight excluding hydrogens is 536 g/mol. The number of rotatable bonds is 17. The maximum absolute atomic E-state index is 12.9. The number of esters is 2. The van der Waals surface area contributed by atoms with Gasteiger partial charge in [0.1, 0.15) is 23.1 Å². The molecule has 0 saturated heterocycles. The maximum Gasteiger partial charge on any atom is 0.408 e. The fraction of sp³-hybridized carbons (Fsp3) is 0.833. The van der Waals surface area contributed by atoms with E-state index in [1.165, 1.54) is 0 Å². The van der Waals surface area contributed by atoms with Gasteiger partial charge in [0.2, 0.25) is 0 Å². The second-order valence-electron chi connectivity index (χ2n) is 11.1. The van der Waals surface area contributed by atoms with Gasteiger partial charge in [0.15, 0.2) is 12.3 Å². The van der Waals surface area contributed by atoms with Crippen molar-refractivity contribution in [3.05, 3.63) is 0 Å². The van der Waals surface area contributed by atoms with Crippen molar-refractivity contribution < 1.29 is 38.2 Å². The topological polar surface area (TPSA) is 153 Å². The van der Waals surface area contributed by atoms with E-state index in [-0.39, 0.29) is 13.3 Å². The molecule has 0 heterocycles. The summed E-state index contributed by atoms with van der Waals surface area (Å²) in [6, 6.07) is 0. The summed E-state index contributed by atoms with van der Waals surface area (Å²) in [7, 11) is 3.23. The van der Waals surface area contributed by atoms with Crippen molar-refractivity contribution in [2.45, 2.75) is 104 Å². The molecule has 2 atom stereocenters. The SMILES string of the molecule is CC(C)(C)OC(=O)NCNC(NC(NOCCCSSCCC=O)C(=O)OC(C)(C)C)C(=O)OC(C)(C)C. The van der Waals surface area contributed by atoms with Crippen LogP contribution in [0.3, 0.4) is 0 Å². The third kappa shape index (κ3) is 21.4. The summed E-state index contributed by atoms with van der Waals surface area (Å²) in [5.74, 6) is 0.128. The molecule has 0 rings (SSSR count). The molecule has 0 aliphatic rings. The number of hydrogen-bond acceptors (Lipinski definition) is 13. The average molecular weight is 583 g/mol. The molecule has 0 saturated carbocycles. The van der Waals surface area contributed by atoms with E-state index in [0.29, 0.717) is 12.8 Å². The van der Waals surface area contributed by atoms with Crippen LogP contribution in [0.2, 0.25) is 0 Å². The smallest absolute Gasteiger partial charge is 0.408 e. The Balaban J connectivity index is 5.24. The molecule has 4 N–H and O–H groups in total. The first-order valence-corrected chi connectivity index (χ1v) is 14.9. The van der Waals surface area contributed by atoms with Gasteiger partial charge in [-0.3, -0.25) is 15.5 Å². The van der Waals surface area contributed by atoms with Crippen LogP contribution in [0.1, 0.15) is 75.2 Å². The van der Waals surface area contributed by atoms with Crippen LogP contribution in [0.25, 0.3) is 0 Å². The zero-order chi connectivity index (χ0) is 29.4. The minimum atomic E-state index is -1.24. The molecule has 2 unspecified atom stereocenters. The molecule has 0 aliphatic carbocycles. The zero-order valence-electron chi connectivity index (χ0n) is 24.1. The molecule has 14 heteroatoms. The Morgan fingerprint density at radius 1 is 0.789 bits per heavy atom. The fourth-order valence-corrected chi connectivity index (χ4v) is 4.35. The molecule has 0 radical (unpaired) electrons. The summed E-state index contributed by atoms with van der Waals surface area (Å²) in [5, 5.41) is 8.13. The number of nitrogens with one attached hydrogen (secondary N) is 4. The van der Waals surface area contributed by atoms with E-state index < -0.39 is 47.2 Å². The number of aldehydes is 1. The van der Waals surface area contributed by atoms with Gasteiger partial charge in [0, 0.05) is 17.9 Å². The van der Waals surface area contributed by atoms with Gasteiger partial charge in [-0.2, -0.15) is 5.48 Å². The van der Waals surface area contributed by atoms with E-state index in [1.807, 2.05) is 0 Å². The Kier molecular flexibility index (Phi) is 17.2. The minimum absolute atomic E-state index is 0.160. The van der Waals surface area contributed by atoms with Gasteiger partial charge < -0.3 is 24.3 Å². The molecule has 0 aromatic carbocycles. The van der Waals surface area contributed by atoms with Crippen LogP contribution in [0.5, 0.6) is 0 Å². The van der Waals surface area contributed by atoms with Gasteiger partial charge in [0.25, 0.3) is 0 Å². The molecule has 0 aromatic heterocycles. The van der Waals surface area contributed by atoms with Crippen LogP contribution < -0.4 is 21.4 Å². The highest BCUT2D eigenvalue weighted by molar-refractivity contribution is 8.76. The van der Waals surface area contributed by atoms with Gasteiger partial charge in [-0.25, -0.2) is 14.4 Å². The lowest BCUT2D eigenvalue weighted by atomic mass is 10.2. The van der Waals surface area contributed by atoms with Crippen molar-refractivity contribution in [2.75, 3.05) is 24.8 Å². The highest BCUT2D eigenvalue weighted by atomic mass is 33.1. The highest BCUT2D eigenvalue weighted by Crippen LogP contribution is 2.22. The monoisotopic (exact) mass is 582 g/mol. The molecule has 0 aliphatic heterocycles. The van der Waals surface area contributed by atoms with Crippen molar-refractivity contribution in [1.82, 2.24) is 21.4 Å². The van der Waals surface area contributed by atoms with E-state index in [0.717, 1.165) is 17.8 Å². The lowest BCUT2D eigenvalue weighted by molar-refractivity contribution is -0.166. The van der Waals surface area contributed by atoms with E-state index >= 15 is 0 Å². The normalized spacial score (nSPS) is 13.8. The zero-order valence-corrected chi connectivity index (χ0v) is 25.7. The van der Waals surface area contributed by atoms with Crippen molar-refractivity contribution in [2.24, 2.45) is 0 Å².